The van der Waals surface area contributed by atoms with Crippen molar-refractivity contribution >= 4 is 37.8 Å². The average molecular weight is 456 g/mol. The van der Waals surface area contributed by atoms with Crippen LogP contribution in [0, 0.1) is 41.6 Å². The molecule has 7 heteroatoms. The Kier molecular flexibility index (Phi) is 5.31. The molecule has 0 aliphatic heterocycles. The number of halogens is 5. The molecule has 1 saturated carbocycles. The summed E-state index contributed by atoms with van der Waals surface area (Å²) in [5.74, 6) is -4.28. The van der Waals surface area contributed by atoms with E-state index in [1.807, 2.05) is 19.9 Å². The molecule has 0 spiro atoms. The molecule has 0 bridgehead atoms. The normalized spacial score (nSPS) is 21.7. The van der Waals surface area contributed by atoms with E-state index in [4.69, 9.17) is 4.74 Å². The Morgan fingerprint density at radius 2 is 1.91 bits per heavy atom. The highest BCUT2D eigenvalue weighted by Gasteiger charge is 2.61. The van der Waals surface area contributed by atoms with Crippen LogP contribution in [0.3, 0.4) is 0 Å². The number of esters is 1. The molecule has 0 amide bonds. The van der Waals surface area contributed by atoms with Gasteiger partial charge < -0.3 is 4.74 Å². The van der Waals surface area contributed by atoms with Crippen LogP contribution < -0.4 is 0 Å². The second kappa shape index (κ2) is 6.59. The number of carbonyl (C=O) groups excluding carboxylic acids is 1. The molecular weight excluding hydrogens is 441 g/mol. The summed E-state index contributed by atoms with van der Waals surface area (Å²) in [5, 5.41) is 0. The fraction of sp³-hybridized carbons (Fsp3) is 0.438. The highest BCUT2D eigenvalue weighted by atomic mass is 79.9. The molecule has 1 aromatic carbocycles. The van der Waals surface area contributed by atoms with Crippen LogP contribution in [0.2, 0.25) is 0 Å². The summed E-state index contributed by atoms with van der Waals surface area (Å²) in [7, 11) is 0. The van der Waals surface area contributed by atoms with Crippen molar-refractivity contribution in [3.8, 4) is 0 Å². The molecule has 2 atom stereocenters. The Balaban J connectivity index is 2.11. The van der Waals surface area contributed by atoms with Crippen molar-refractivity contribution in [3.05, 3.63) is 44.1 Å². The van der Waals surface area contributed by atoms with E-state index in [1.54, 1.807) is 0 Å². The van der Waals surface area contributed by atoms with Crippen molar-refractivity contribution in [2.24, 2.45) is 17.3 Å². The monoisotopic (exact) mass is 454 g/mol. The van der Waals surface area contributed by atoms with E-state index in [1.165, 1.54) is 6.92 Å². The van der Waals surface area contributed by atoms with Crippen molar-refractivity contribution < 1.29 is 22.7 Å². The van der Waals surface area contributed by atoms with Crippen LogP contribution >= 0.6 is 31.9 Å². The zero-order chi connectivity index (χ0) is 17.5. The van der Waals surface area contributed by atoms with Crippen LogP contribution in [-0.2, 0) is 16.1 Å². The SMILES string of the molecule is Cc1c(F)cc(F)c(F)c1COC(=O)[C@@H]1[C@H](C=C(Br)Br)C1(C)C. The van der Waals surface area contributed by atoms with Gasteiger partial charge in [-0.05, 0) is 55.7 Å². The predicted molar refractivity (Wildman–Crippen MR) is 87.5 cm³/mol. The lowest BCUT2D eigenvalue weighted by atomic mass is 10.1. The van der Waals surface area contributed by atoms with E-state index < -0.39 is 30.0 Å². The fourth-order valence-corrected chi connectivity index (χ4v) is 3.28. The average Bonchev–Trinajstić information content (AvgIpc) is 2.96. The van der Waals surface area contributed by atoms with Crippen LogP contribution in [0.25, 0.3) is 0 Å². The molecule has 1 fully saturated rings. The largest absolute Gasteiger partial charge is 0.460 e. The molecule has 0 radical (unpaired) electrons. The van der Waals surface area contributed by atoms with Gasteiger partial charge in [0.2, 0.25) is 0 Å². The Bertz CT molecular complexity index is 656. The van der Waals surface area contributed by atoms with Gasteiger partial charge in [-0.25, -0.2) is 13.2 Å². The van der Waals surface area contributed by atoms with E-state index in [-0.39, 0.29) is 28.4 Å². The number of allylic oxidation sites excluding steroid dienone is 1. The zero-order valence-corrected chi connectivity index (χ0v) is 15.9. The van der Waals surface area contributed by atoms with Crippen LogP contribution in [0.1, 0.15) is 25.0 Å². The summed E-state index contributed by atoms with van der Waals surface area (Å²) < 4.78 is 46.3. The lowest BCUT2D eigenvalue weighted by Crippen LogP contribution is -2.13. The first kappa shape index (κ1) is 18.5. The molecule has 0 heterocycles. The van der Waals surface area contributed by atoms with Gasteiger partial charge in [-0.2, -0.15) is 0 Å². The topological polar surface area (TPSA) is 26.3 Å². The number of hydrogen-bond acceptors (Lipinski definition) is 2. The zero-order valence-electron chi connectivity index (χ0n) is 12.7. The highest BCUT2D eigenvalue weighted by Crippen LogP contribution is 2.60. The van der Waals surface area contributed by atoms with Crippen LogP contribution in [-0.4, -0.2) is 5.97 Å². The summed E-state index contributed by atoms with van der Waals surface area (Å²) in [6, 6.07) is 0.480. The summed E-state index contributed by atoms with van der Waals surface area (Å²) in [6.45, 7) is 4.65. The molecule has 0 unspecified atom stereocenters. The van der Waals surface area contributed by atoms with E-state index >= 15 is 0 Å². The lowest BCUT2D eigenvalue weighted by Gasteiger charge is -2.10. The summed E-state index contributed by atoms with van der Waals surface area (Å²) in [6.07, 6.45) is 1.85. The quantitative estimate of drug-likeness (QED) is 0.451. The van der Waals surface area contributed by atoms with Gasteiger partial charge in [-0.15, -0.1) is 0 Å². The maximum absolute atomic E-state index is 13.8. The van der Waals surface area contributed by atoms with E-state index in [2.05, 4.69) is 31.9 Å². The third-order valence-corrected chi connectivity index (χ3v) is 4.90. The van der Waals surface area contributed by atoms with Gasteiger partial charge in [0.05, 0.1) is 9.31 Å². The molecular formula is C16H15Br2F3O2. The standard InChI is InChI=1S/C16H15Br2F3O2/c1-7-8(14(21)11(20)5-10(7)19)6-23-15(22)13-9(4-12(17)18)16(13,2)3/h4-5,9,13H,6H2,1-3H3/t9-,13-/m0/s1. The third-order valence-electron chi connectivity index (χ3n) is 4.37. The smallest absolute Gasteiger partial charge is 0.310 e. The molecule has 126 valence electrons. The van der Waals surface area contributed by atoms with E-state index in [0.29, 0.717) is 6.07 Å². The molecule has 2 rings (SSSR count). The fourth-order valence-electron chi connectivity index (χ4n) is 2.72. The molecule has 23 heavy (non-hydrogen) atoms. The maximum atomic E-state index is 13.8. The van der Waals surface area contributed by atoms with Crippen molar-refractivity contribution in [3.63, 3.8) is 0 Å². The Labute approximate surface area is 149 Å². The predicted octanol–water partition coefficient (Wildman–Crippen LogP) is 5.36. The van der Waals surface area contributed by atoms with Crippen molar-refractivity contribution in [1.82, 2.24) is 0 Å². The first-order chi connectivity index (χ1) is 10.6. The van der Waals surface area contributed by atoms with Crippen molar-refractivity contribution in [2.45, 2.75) is 27.4 Å². The maximum Gasteiger partial charge on any atom is 0.310 e. The number of rotatable bonds is 4. The molecule has 0 aromatic heterocycles. The van der Waals surface area contributed by atoms with E-state index in [0.717, 1.165) is 3.39 Å². The second-order valence-corrected chi connectivity index (χ2v) is 8.92. The summed E-state index contributed by atoms with van der Waals surface area (Å²) in [4.78, 5) is 12.2. The van der Waals surface area contributed by atoms with Gasteiger partial charge in [0, 0.05) is 11.6 Å². The minimum absolute atomic E-state index is 0.0288. The summed E-state index contributed by atoms with van der Waals surface area (Å²) >= 11 is 6.49. The molecule has 1 aromatic rings. The Morgan fingerprint density at radius 3 is 2.48 bits per heavy atom. The Morgan fingerprint density at radius 1 is 1.30 bits per heavy atom. The summed E-state index contributed by atoms with van der Waals surface area (Å²) in [5.41, 5.74) is -0.626. The Hall–Kier alpha value is -0.820. The van der Waals surface area contributed by atoms with Gasteiger partial charge in [-0.3, -0.25) is 4.79 Å². The molecule has 0 saturated heterocycles. The van der Waals surface area contributed by atoms with E-state index in [9.17, 15) is 18.0 Å². The molecule has 1 aliphatic rings. The number of carbonyl (C=O) groups is 1. The number of ether oxygens (including phenoxy) is 1. The third kappa shape index (κ3) is 3.65. The highest BCUT2D eigenvalue weighted by molar-refractivity contribution is 9.28. The number of benzene rings is 1. The van der Waals surface area contributed by atoms with Gasteiger partial charge in [0.15, 0.2) is 11.6 Å². The second-order valence-electron chi connectivity index (χ2n) is 6.15. The minimum Gasteiger partial charge on any atom is -0.460 e. The first-order valence-electron chi connectivity index (χ1n) is 6.89. The lowest BCUT2D eigenvalue weighted by molar-refractivity contribution is -0.147. The first-order valence-corrected chi connectivity index (χ1v) is 8.48. The minimum atomic E-state index is -1.30. The molecule has 2 nitrogen and oxygen atoms in total. The molecule has 1 aliphatic carbocycles. The van der Waals surface area contributed by atoms with Crippen molar-refractivity contribution in [2.75, 3.05) is 0 Å². The molecule has 0 N–H and O–H groups in total. The van der Waals surface area contributed by atoms with Crippen LogP contribution in [0.15, 0.2) is 15.5 Å². The van der Waals surface area contributed by atoms with Crippen LogP contribution in [0.5, 0.6) is 0 Å². The van der Waals surface area contributed by atoms with Gasteiger partial charge >= 0.3 is 5.97 Å². The van der Waals surface area contributed by atoms with Gasteiger partial charge in [-0.1, -0.05) is 19.9 Å². The van der Waals surface area contributed by atoms with Crippen LogP contribution in [0.4, 0.5) is 13.2 Å². The van der Waals surface area contributed by atoms with Gasteiger partial charge in [0.1, 0.15) is 12.4 Å². The number of hydrogen-bond donors (Lipinski definition) is 0. The van der Waals surface area contributed by atoms with Gasteiger partial charge in [0.25, 0.3) is 0 Å². The van der Waals surface area contributed by atoms with Crippen molar-refractivity contribution in [1.29, 1.82) is 0 Å².